The van der Waals surface area contributed by atoms with Crippen molar-refractivity contribution >= 4 is 0 Å². The quantitative estimate of drug-likeness (QED) is 0.331. The molecule has 0 unspecified atom stereocenters. The van der Waals surface area contributed by atoms with E-state index in [9.17, 15) is 0 Å². The Balaban J connectivity index is 2.24. The summed E-state index contributed by atoms with van der Waals surface area (Å²) in [5.41, 5.74) is 7.60. The second-order valence-electron chi connectivity index (χ2n) is 7.71. The molecule has 0 saturated carbocycles. The lowest BCUT2D eigenvalue weighted by Gasteiger charge is -2.41. The molecule has 152 valence electrons. The molecule has 2 heteroatoms. The van der Waals surface area contributed by atoms with E-state index in [1.807, 2.05) is 12.5 Å². The third-order valence-electron chi connectivity index (χ3n) is 6.26. The average Bonchev–Trinajstić information content (AvgIpc) is 3.36. The van der Waals surface area contributed by atoms with Crippen molar-refractivity contribution in [3.05, 3.63) is 125 Å². The minimum absolute atomic E-state index is 0.470. The standard InChI is InChI=1S/C28H30N2/c1-4-22-13-7-10-16-25(22)28(30-20-19-29-21-30,26-17-11-8-14-23(26)5-2)27-18-12-9-15-24(27)6-3/h7-21H,4-6H2,1-3H3. The third kappa shape index (κ3) is 3.17. The smallest absolute Gasteiger partial charge is 0.122 e. The van der Waals surface area contributed by atoms with Gasteiger partial charge in [-0.1, -0.05) is 93.6 Å². The maximum Gasteiger partial charge on any atom is 0.122 e. The zero-order valence-corrected chi connectivity index (χ0v) is 18.2. The number of hydrogen-bond acceptors (Lipinski definition) is 1. The van der Waals surface area contributed by atoms with Crippen molar-refractivity contribution in [2.45, 2.75) is 45.6 Å². The number of hydrogen-bond donors (Lipinski definition) is 0. The van der Waals surface area contributed by atoms with Gasteiger partial charge in [0.15, 0.2) is 0 Å². The molecule has 0 N–H and O–H groups in total. The van der Waals surface area contributed by atoms with E-state index in [2.05, 4.69) is 109 Å². The molecule has 4 rings (SSSR count). The highest BCUT2D eigenvalue weighted by molar-refractivity contribution is 5.57. The van der Waals surface area contributed by atoms with Gasteiger partial charge < -0.3 is 4.57 Å². The van der Waals surface area contributed by atoms with E-state index in [4.69, 9.17) is 0 Å². The highest BCUT2D eigenvalue weighted by Crippen LogP contribution is 2.45. The van der Waals surface area contributed by atoms with Crippen LogP contribution in [0.25, 0.3) is 0 Å². The maximum absolute atomic E-state index is 4.49. The van der Waals surface area contributed by atoms with Crippen LogP contribution in [0.2, 0.25) is 0 Å². The molecule has 0 aliphatic rings. The summed E-state index contributed by atoms with van der Waals surface area (Å²) in [6.45, 7) is 6.73. The highest BCUT2D eigenvalue weighted by Gasteiger charge is 2.41. The van der Waals surface area contributed by atoms with Crippen LogP contribution in [0, 0.1) is 0 Å². The molecule has 0 aliphatic heterocycles. The van der Waals surface area contributed by atoms with Crippen LogP contribution in [0.1, 0.15) is 54.2 Å². The van der Waals surface area contributed by atoms with Crippen LogP contribution >= 0.6 is 0 Å². The van der Waals surface area contributed by atoms with Crippen LogP contribution in [0.4, 0.5) is 0 Å². The fraction of sp³-hybridized carbons (Fsp3) is 0.250. The van der Waals surface area contributed by atoms with Gasteiger partial charge >= 0.3 is 0 Å². The first kappa shape index (κ1) is 20.2. The zero-order valence-electron chi connectivity index (χ0n) is 18.2. The summed E-state index contributed by atoms with van der Waals surface area (Å²) in [6.07, 6.45) is 8.93. The minimum Gasteiger partial charge on any atom is -0.319 e. The molecular weight excluding hydrogens is 364 g/mol. The molecule has 30 heavy (non-hydrogen) atoms. The van der Waals surface area contributed by atoms with Gasteiger partial charge in [0.1, 0.15) is 5.54 Å². The minimum atomic E-state index is -0.470. The Morgan fingerprint density at radius 1 is 0.633 bits per heavy atom. The van der Waals surface area contributed by atoms with Crippen LogP contribution < -0.4 is 0 Å². The van der Waals surface area contributed by atoms with Gasteiger partial charge in [0, 0.05) is 12.4 Å². The molecule has 0 saturated heterocycles. The second kappa shape index (κ2) is 8.71. The molecule has 0 atom stereocenters. The van der Waals surface area contributed by atoms with E-state index in [-0.39, 0.29) is 0 Å². The largest absolute Gasteiger partial charge is 0.319 e. The monoisotopic (exact) mass is 394 g/mol. The van der Waals surface area contributed by atoms with Crippen molar-refractivity contribution in [2.75, 3.05) is 0 Å². The highest BCUT2D eigenvalue weighted by atomic mass is 15.1. The second-order valence-corrected chi connectivity index (χ2v) is 7.71. The molecule has 3 aromatic carbocycles. The Kier molecular flexibility index (Phi) is 5.85. The van der Waals surface area contributed by atoms with E-state index in [1.165, 1.54) is 33.4 Å². The van der Waals surface area contributed by atoms with Crippen molar-refractivity contribution in [1.29, 1.82) is 0 Å². The first-order chi connectivity index (χ1) is 14.8. The number of rotatable bonds is 7. The van der Waals surface area contributed by atoms with Gasteiger partial charge in [-0.25, -0.2) is 4.98 Å². The van der Waals surface area contributed by atoms with Crippen molar-refractivity contribution in [3.8, 4) is 0 Å². The van der Waals surface area contributed by atoms with Gasteiger partial charge in [0.05, 0.1) is 6.33 Å². The third-order valence-corrected chi connectivity index (χ3v) is 6.26. The number of benzene rings is 3. The molecule has 0 aliphatic carbocycles. The Labute approximate surface area is 180 Å². The topological polar surface area (TPSA) is 17.8 Å². The molecular formula is C28H30N2. The van der Waals surface area contributed by atoms with Crippen molar-refractivity contribution in [2.24, 2.45) is 0 Å². The summed E-state index contributed by atoms with van der Waals surface area (Å²) in [6, 6.07) is 26.7. The Morgan fingerprint density at radius 2 is 1.03 bits per heavy atom. The van der Waals surface area contributed by atoms with Crippen molar-refractivity contribution in [3.63, 3.8) is 0 Å². The molecule has 1 aromatic heterocycles. The Hall–Kier alpha value is -3.13. The van der Waals surface area contributed by atoms with Crippen molar-refractivity contribution < 1.29 is 0 Å². The molecule has 0 fully saturated rings. The number of imidazole rings is 1. The number of aromatic nitrogens is 2. The summed E-state index contributed by atoms with van der Waals surface area (Å²) in [4.78, 5) is 4.49. The van der Waals surface area contributed by atoms with Crippen LogP contribution in [-0.4, -0.2) is 9.55 Å². The fourth-order valence-corrected chi connectivity index (χ4v) is 4.85. The predicted octanol–water partition coefficient (Wildman–Crippen LogP) is 6.41. The fourth-order valence-electron chi connectivity index (χ4n) is 4.85. The summed E-state index contributed by atoms with van der Waals surface area (Å²) in [5.74, 6) is 0. The summed E-state index contributed by atoms with van der Waals surface area (Å²) in [5, 5.41) is 0. The molecule has 0 bridgehead atoms. The van der Waals surface area contributed by atoms with Crippen LogP contribution in [0.5, 0.6) is 0 Å². The molecule has 0 spiro atoms. The predicted molar refractivity (Wildman–Crippen MR) is 125 cm³/mol. The molecule has 0 radical (unpaired) electrons. The lowest BCUT2D eigenvalue weighted by Crippen LogP contribution is -2.39. The summed E-state index contributed by atoms with van der Waals surface area (Å²) >= 11 is 0. The molecule has 2 nitrogen and oxygen atoms in total. The van der Waals surface area contributed by atoms with E-state index < -0.39 is 5.54 Å². The van der Waals surface area contributed by atoms with E-state index in [0.29, 0.717) is 0 Å². The maximum atomic E-state index is 4.49. The van der Waals surface area contributed by atoms with Gasteiger partial charge in [0.25, 0.3) is 0 Å². The Bertz CT molecular complexity index is 993. The van der Waals surface area contributed by atoms with Crippen LogP contribution in [-0.2, 0) is 24.8 Å². The zero-order chi connectivity index (χ0) is 21.0. The van der Waals surface area contributed by atoms with Crippen LogP contribution in [0.3, 0.4) is 0 Å². The normalized spacial score (nSPS) is 11.6. The average molecular weight is 395 g/mol. The van der Waals surface area contributed by atoms with Gasteiger partial charge in [-0.15, -0.1) is 0 Å². The number of aryl methyl sites for hydroxylation is 3. The van der Waals surface area contributed by atoms with Gasteiger partial charge in [-0.3, -0.25) is 0 Å². The van der Waals surface area contributed by atoms with Crippen molar-refractivity contribution in [1.82, 2.24) is 9.55 Å². The van der Waals surface area contributed by atoms with E-state index in [1.54, 1.807) is 0 Å². The summed E-state index contributed by atoms with van der Waals surface area (Å²) in [7, 11) is 0. The van der Waals surface area contributed by atoms with Crippen LogP contribution in [0.15, 0.2) is 91.5 Å². The van der Waals surface area contributed by atoms with Gasteiger partial charge in [0.2, 0.25) is 0 Å². The van der Waals surface area contributed by atoms with E-state index in [0.717, 1.165) is 19.3 Å². The summed E-state index contributed by atoms with van der Waals surface area (Å²) < 4.78 is 2.31. The van der Waals surface area contributed by atoms with E-state index >= 15 is 0 Å². The first-order valence-electron chi connectivity index (χ1n) is 11.0. The lowest BCUT2D eigenvalue weighted by molar-refractivity contribution is 0.501. The van der Waals surface area contributed by atoms with Gasteiger partial charge in [-0.2, -0.15) is 0 Å². The lowest BCUT2D eigenvalue weighted by atomic mass is 9.71. The van der Waals surface area contributed by atoms with Gasteiger partial charge in [-0.05, 0) is 52.6 Å². The Morgan fingerprint density at radius 3 is 1.37 bits per heavy atom. The molecule has 0 amide bonds. The molecule has 1 heterocycles. The number of nitrogens with zero attached hydrogens (tertiary/aromatic N) is 2. The molecule has 4 aromatic rings. The first-order valence-corrected chi connectivity index (χ1v) is 11.0. The SMILES string of the molecule is CCc1ccccc1C(c1ccccc1CC)(c1ccccc1CC)n1ccnc1.